The summed E-state index contributed by atoms with van der Waals surface area (Å²) in [7, 11) is 0. The van der Waals surface area contributed by atoms with E-state index in [4.69, 9.17) is 5.11 Å². The molecule has 0 aliphatic heterocycles. The Morgan fingerprint density at radius 2 is 1.37 bits per heavy atom. The van der Waals surface area contributed by atoms with Gasteiger partial charge in [0.15, 0.2) is 0 Å². The van der Waals surface area contributed by atoms with Crippen molar-refractivity contribution in [3.05, 3.63) is 0 Å². The molecule has 0 rings (SSSR count). The third kappa shape index (κ3) is 31.8. The molecule has 0 saturated heterocycles. The van der Waals surface area contributed by atoms with Gasteiger partial charge in [-0.05, 0) is 32.0 Å². The van der Waals surface area contributed by atoms with Crippen LogP contribution in [-0.4, -0.2) is 35.6 Å². The monoisotopic (exact) mass is 275 g/mol. The minimum Gasteiger partial charge on any atom is -0.481 e. The van der Waals surface area contributed by atoms with E-state index in [-0.39, 0.29) is 0 Å². The van der Waals surface area contributed by atoms with Crippen LogP contribution in [0.15, 0.2) is 0 Å². The molecule has 3 nitrogen and oxygen atoms in total. The Hall–Kier alpha value is -0.570. The lowest BCUT2D eigenvalue weighted by atomic mass is 10.1. The molecule has 0 atom stereocenters. The van der Waals surface area contributed by atoms with E-state index in [1.54, 1.807) is 0 Å². The average molecular weight is 275 g/mol. The predicted molar refractivity (Wildman–Crippen MR) is 85.8 cm³/mol. The number of nitrogens with zero attached hydrogens (tertiary/aromatic N) is 1. The van der Waals surface area contributed by atoms with Crippen molar-refractivity contribution in [1.82, 2.24) is 4.90 Å². The van der Waals surface area contributed by atoms with E-state index in [2.05, 4.69) is 46.4 Å². The third-order valence-corrected chi connectivity index (χ3v) is 2.67. The second kappa shape index (κ2) is 19.8. The minimum atomic E-state index is -0.711. The number of carbonyl (C=O) groups is 1. The standard InChI is InChI=1S/C6H15N.C6H14.C4H8O2/c1-4-7(5-2)6-3;1-4-5-6(2)3;1-2-3-4(5)6/h4-6H2,1-3H3;6H,4-5H2,1-3H3;2-3H2,1H3,(H,5,6). The summed E-state index contributed by atoms with van der Waals surface area (Å²) in [5, 5.41) is 7.91. The predicted octanol–water partition coefficient (Wildman–Crippen LogP) is 4.66. The Labute approximate surface area is 121 Å². The van der Waals surface area contributed by atoms with Crippen molar-refractivity contribution in [1.29, 1.82) is 0 Å². The van der Waals surface area contributed by atoms with Crippen LogP contribution in [0.5, 0.6) is 0 Å². The maximum atomic E-state index is 9.60. The van der Waals surface area contributed by atoms with Crippen molar-refractivity contribution in [2.24, 2.45) is 5.92 Å². The zero-order chi connectivity index (χ0) is 15.7. The molecule has 0 saturated carbocycles. The van der Waals surface area contributed by atoms with E-state index < -0.39 is 5.97 Å². The quantitative estimate of drug-likeness (QED) is 0.734. The summed E-state index contributed by atoms with van der Waals surface area (Å²) >= 11 is 0. The second-order valence-corrected chi connectivity index (χ2v) is 4.95. The Balaban J connectivity index is -0.000000203. The molecule has 0 aliphatic rings. The summed E-state index contributed by atoms with van der Waals surface area (Å²) in [5.74, 6) is 0.187. The molecule has 0 radical (unpaired) electrons. The van der Waals surface area contributed by atoms with Gasteiger partial charge in [0.1, 0.15) is 0 Å². The molecule has 0 heterocycles. The largest absolute Gasteiger partial charge is 0.481 e. The lowest BCUT2D eigenvalue weighted by molar-refractivity contribution is -0.137. The molecular formula is C16H37NO2. The van der Waals surface area contributed by atoms with E-state index in [1.807, 2.05) is 6.92 Å². The van der Waals surface area contributed by atoms with Gasteiger partial charge in [0, 0.05) is 6.42 Å². The summed E-state index contributed by atoms with van der Waals surface area (Å²) in [6.07, 6.45) is 3.73. The summed E-state index contributed by atoms with van der Waals surface area (Å²) in [4.78, 5) is 12.0. The lowest BCUT2D eigenvalue weighted by Gasteiger charge is -2.13. The Kier molecular flexibility index (Phi) is 24.5. The smallest absolute Gasteiger partial charge is 0.303 e. The second-order valence-electron chi connectivity index (χ2n) is 4.95. The molecule has 0 aromatic heterocycles. The number of hydrogen-bond donors (Lipinski definition) is 1. The van der Waals surface area contributed by atoms with Crippen molar-refractivity contribution >= 4 is 5.97 Å². The van der Waals surface area contributed by atoms with Gasteiger partial charge >= 0.3 is 5.97 Å². The molecule has 0 amide bonds. The number of carboxylic acids is 1. The van der Waals surface area contributed by atoms with Crippen LogP contribution in [0.4, 0.5) is 0 Å². The van der Waals surface area contributed by atoms with E-state index in [0.29, 0.717) is 6.42 Å². The first kappa shape index (κ1) is 23.5. The molecular weight excluding hydrogens is 238 g/mol. The van der Waals surface area contributed by atoms with Crippen LogP contribution < -0.4 is 0 Å². The highest BCUT2D eigenvalue weighted by molar-refractivity contribution is 5.66. The normalized spacial score (nSPS) is 9.53. The molecule has 0 aromatic carbocycles. The first-order chi connectivity index (χ1) is 8.89. The van der Waals surface area contributed by atoms with Crippen molar-refractivity contribution in [3.8, 4) is 0 Å². The first-order valence-electron chi connectivity index (χ1n) is 7.83. The molecule has 0 spiro atoms. The number of hydrogen-bond acceptors (Lipinski definition) is 2. The van der Waals surface area contributed by atoms with Gasteiger partial charge in [-0.15, -0.1) is 0 Å². The van der Waals surface area contributed by atoms with Gasteiger partial charge in [-0.25, -0.2) is 0 Å². The summed E-state index contributed by atoms with van der Waals surface area (Å²) in [5.41, 5.74) is 0. The zero-order valence-electron chi connectivity index (χ0n) is 14.3. The number of aliphatic carboxylic acids is 1. The lowest BCUT2D eigenvalue weighted by Crippen LogP contribution is -2.21. The fraction of sp³-hybridized carbons (Fsp3) is 0.938. The van der Waals surface area contributed by atoms with Crippen LogP contribution in [0.1, 0.15) is 74.1 Å². The van der Waals surface area contributed by atoms with Gasteiger partial charge < -0.3 is 10.0 Å². The minimum absolute atomic E-state index is 0.292. The van der Waals surface area contributed by atoms with Gasteiger partial charge in [0.25, 0.3) is 0 Å². The summed E-state index contributed by atoms with van der Waals surface area (Å²) < 4.78 is 0. The van der Waals surface area contributed by atoms with Gasteiger partial charge in [-0.1, -0.05) is 61.3 Å². The summed E-state index contributed by atoms with van der Waals surface area (Å²) in [6.45, 7) is 18.7. The third-order valence-electron chi connectivity index (χ3n) is 2.67. The van der Waals surface area contributed by atoms with Crippen molar-refractivity contribution in [2.75, 3.05) is 19.6 Å². The van der Waals surface area contributed by atoms with Gasteiger partial charge in [-0.2, -0.15) is 0 Å². The Morgan fingerprint density at radius 3 is 1.37 bits per heavy atom. The van der Waals surface area contributed by atoms with E-state index in [1.165, 1.54) is 32.5 Å². The molecule has 3 heteroatoms. The van der Waals surface area contributed by atoms with Crippen LogP contribution in [0.2, 0.25) is 0 Å². The SMILES string of the molecule is CCCC(=O)O.CCCC(C)C.CCN(CC)CC. The molecule has 118 valence electrons. The highest BCUT2D eigenvalue weighted by Gasteiger charge is 1.89. The van der Waals surface area contributed by atoms with Gasteiger partial charge in [0.2, 0.25) is 0 Å². The zero-order valence-corrected chi connectivity index (χ0v) is 14.3. The highest BCUT2D eigenvalue weighted by Crippen LogP contribution is 2.00. The molecule has 0 fully saturated rings. The van der Waals surface area contributed by atoms with Gasteiger partial charge in [-0.3, -0.25) is 4.79 Å². The van der Waals surface area contributed by atoms with Crippen molar-refractivity contribution in [3.63, 3.8) is 0 Å². The van der Waals surface area contributed by atoms with Crippen LogP contribution in [0.25, 0.3) is 0 Å². The fourth-order valence-corrected chi connectivity index (χ4v) is 1.46. The molecule has 0 unspecified atom stereocenters. The van der Waals surface area contributed by atoms with Crippen LogP contribution in [0.3, 0.4) is 0 Å². The van der Waals surface area contributed by atoms with Crippen LogP contribution in [-0.2, 0) is 4.79 Å². The Morgan fingerprint density at radius 1 is 0.947 bits per heavy atom. The molecule has 0 aromatic rings. The molecule has 0 aliphatic carbocycles. The highest BCUT2D eigenvalue weighted by atomic mass is 16.4. The van der Waals surface area contributed by atoms with E-state index >= 15 is 0 Å². The van der Waals surface area contributed by atoms with Gasteiger partial charge in [0.05, 0.1) is 0 Å². The first-order valence-corrected chi connectivity index (χ1v) is 7.83. The van der Waals surface area contributed by atoms with Crippen LogP contribution >= 0.6 is 0 Å². The molecule has 0 bridgehead atoms. The fourth-order valence-electron chi connectivity index (χ4n) is 1.46. The Bertz CT molecular complexity index is 161. The van der Waals surface area contributed by atoms with Crippen molar-refractivity contribution in [2.45, 2.75) is 74.1 Å². The maximum absolute atomic E-state index is 9.60. The van der Waals surface area contributed by atoms with Crippen molar-refractivity contribution < 1.29 is 9.90 Å². The topological polar surface area (TPSA) is 40.5 Å². The molecule has 1 N–H and O–H groups in total. The average Bonchev–Trinajstić information content (AvgIpc) is 2.32. The number of rotatable bonds is 7. The summed E-state index contributed by atoms with van der Waals surface area (Å²) in [6, 6.07) is 0. The molecule has 19 heavy (non-hydrogen) atoms. The van der Waals surface area contributed by atoms with E-state index in [9.17, 15) is 4.79 Å². The maximum Gasteiger partial charge on any atom is 0.303 e. The van der Waals surface area contributed by atoms with Crippen LogP contribution in [0, 0.1) is 5.92 Å². The number of carboxylic acid groups (broad SMARTS) is 1. The van der Waals surface area contributed by atoms with E-state index in [0.717, 1.165) is 12.3 Å².